The first-order chi connectivity index (χ1) is 16.5. The lowest BCUT2D eigenvalue weighted by Crippen LogP contribution is -2.34. The molecule has 0 aliphatic rings. The summed E-state index contributed by atoms with van der Waals surface area (Å²) in [6, 6.07) is 13.2. The number of nitrogens with one attached hydrogen (secondary N) is 1. The highest BCUT2D eigenvalue weighted by Gasteiger charge is 2.20. The molecule has 34 heavy (non-hydrogen) atoms. The average molecular weight is 484 g/mol. The largest absolute Gasteiger partial charge is 0.497 e. The number of ether oxygens (including phenoxy) is 5. The van der Waals surface area contributed by atoms with Crippen molar-refractivity contribution in [1.82, 2.24) is 9.88 Å². The fourth-order valence-corrected chi connectivity index (χ4v) is 3.74. The smallest absolute Gasteiger partial charge is 0.203 e. The van der Waals surface area contributed by atoms with E-state index in [1.807, 2.05) is 47.5 Å². The summed E-state index contributed by atoms with van der Waals surface area (Å²) < 4.78 is 27.5. The quantitative estimate of drug-likeness (QED) is 0.419. The number of pyridine rings is 1. The molecule has 0 atom stereocenters. The normalized spacial score (nSPS) is 10.3. The Bertz CT molecular complexity index is 1110. The zero-order valence-corrected chi connectivity index (χ0v) is 20.8. The van der Waals surface area contributed by atoms with Crippen LogP contribution in [-0.4, -0.2) is 50.5 Å². The van der Waals surface area contributed by atoms with Gasteiger partial charge in [-0.1, -0.05) is 6.07 Å². The van der Waals surface area contributed by atoms with Crippen molar-refractivity contribution in [3.05, 3.63) is 66.0 Å². The van der Waals surface area contributed by atoms with Gasteiger partial charge in [-0.15, -0.1) is 0 Å². The zero-order chi connectivity index (χ0) is 24.5. The minimum Gasteiger partial charge on any atom is -0.497 e. The topological polar surface area (TPSA) is 74.3 Å². The van der Waals surface area contributed by atoms with Gasteiger partial charge in [0.15, 0.2) is 16.6 Å². The third-order valence-electron chi connectivity index (χ3n) is 5.18. The Hall–Kier alpha value is -3.72. The molecule has 2 aromatic carbocycles. The minimum absolute atomic E-state index is 0.447. The fourth-order valence-electron chi connectivity index (χ4n) is 3.50. The predicted molar refractivity (Wildman–Crippen MR) is 135 cm³/mol. The third-order valence-corrected chi connectivity index (χ3v) is 5.54. The molecule has 0 amide bonds. The van der Waals surface area contributed by atoms with E-state index in [0.717, 1.165) is 16.8 Å². The summed E-state index contributed by atoms with van der Waals surface area (Å²) in [5.41, 5.74) is 2.62. The predicted octanol–water partition coefficient (Wildman–Crippen LogP) is 4.52. The Morgan fingerprint density at radius 2 is 1.62 bits per heavy atom. The van der Waals surface area contributed by atoms with Gasteiger partial charge in [0.1, 0.15) is 11.5 Å². The van der Waals surface area contributed by atoms with E-state index in [2.05, 4.69) is 10.3 Å². The minimum atomic E-state index is 0.447. The Morgan fingerprint density at radius 3 is 2.24 bits per heavy atom. The van der Waals surface area contributed by atoms with Crippen LogP contribution in [0.25, 0.3) is 0 Å². The number of nitrogens with zero attached hydrogens (tertiary/aromatic N) is 2. The molecule has 0 radical (unpaired) electrons. The first-order valence-electron chi connectivity index (χ1n) is 10.5. The summed E-state index contributed by atoms with van der Waals surface area (Å²) in [6.45, 7) is 0.971. The molecule has 0 aliphatic carbocycles. The lowest BCUT2D eigenvalue weighted by atomic mass is 10.1. The zero-order valence-electron chi connectivity index (χ0n) is 20.0. The molecule has 1 N–H and O–H groups in total. The van der Waals surface area contributed by atoms with Crippen LogP contribution in [0.3, 0.4) is 0 Å². The highest BCUT2D eigenvalue weighted by molar-refractivity contribution is 7.80. The molecule has 180 valence electrons. The molecule has 0 saturated carbocycles. The second kappa shape index (κ2) is 11.9. The van der Waals surface area contributed by atoms with Gasteiger partial charge in [0.2, 0.25) is 5.75 Å². The Kier molecular flexibility index (Phi) is 8.75. The third kappa shape index (κ3) is 5.79. The molecule has 0 unspecified atom stereocenters. The van der Waals surface area contributed by atoms with Crippen molar-refractivity contribution in [3.63, 3.8) is 0 Å². The van der Waals surface area contributed by atoms with Crippen LogP contribution < -0.4 is 29.0 Å². The van der Waals surface area contributed by atoms with E-state index < -0.39 is 0 Å². The monoisotopic (exact) mass is 483 g/mol. The van der Waals surface area contributed by atoms with Crippen LogP contribution in [0.15, 0.2) is 54.9 Å². The molecular weight excluding hydrogens is 454 g/mol. The maximum absolute atomic E-state index is 5.82. The van der Waals surface area contributed by atoms with Crippen LogP contribution in [0.2, 0.25) is 0 Å². The molecule has 0 fully saturated rings. The number of anilines is 1. The van der Waals surface area contributed by atoms with Crippen LogP contribution in [0.1, 0.15) is 11.1 Å². The van der Waals surface area contributed by atoms with Crippen LogP contribution in [0.5, 0.6) is 28.7 Å². The van der Waals surface area contributed by atoms with E-state index >= 15 is 0 Å². The molecule has 9 heteroatoms. The fraction of sp³-hybridized carbons (Fsp3) is 0.280. The molecular formula is C25H29N3O5S. The van der Waals surface area contributed by atoms with Crippen molar-refractivity contribution in [3.8, 4) is 28.7 Å². The number of hydrogen-bond donors (Lipinski definition) is 1. The summed E-state index contributed by atoms with van der Waals surface area (Å²) >= 11 is 5.82. The molecule has 8 nitrogen and oxygen atoms in total. The highest BCUT2D eigenvalue weighted by Crippen LogP contribution is 2.40. The summed E-state index contributed by atoms with van der Waals surface area (Å²) in [4.78, 5) is 6.25. The first-order valence-corrected chi connectivity index (χ1v) is 10.9. The summed E-state index contributed by atoms with van der Waals surface area (Å²) in [6.07, 6.45) is 3.55. The maximum atomic E-state index is 5.82. The van der Waals surface area contributed by atoms with Gasteiger partial charge in [-0.05, 0) is 48.1 Å². The lowest BCUT2D eigenvalue weighted by molar-refractivity contribution is 0.316. The molecule has 0 spiro atoms. The average Bonchev–Trinajstić information content (AvgIpc) is 2.88. The molecule has 3 aromatic rings. The van der Waals surface area contributed by atoms with Gasteiger partial charge in [0.05, 0.1) is 41.2 Å². The molecule has 1 aromatic heterocycles. The van der Waals surface area contributed by atoms with E-state index in [1.165, 1.54) is 0 Å². The number of aromatic nitrogens is 1. The van der Waals surface area contributed by atoms with Gasteiger partial charge in [0.25, 0.3) is 0 Å². The standard InChI is InChI=1S/C25H29N3O5S/c1-29-19-9-10-20(22(13-19)31-3)27-25(34)28(15-17-7-6-12-26-14-17)16-18-8-11-21(30-2)24(33-5)23(18)32-4/h6-14H,15-16H2,1-5H3,(H,27,34). The number of benzene rings is 2. The Balaban J connectivity index is 1.94. The van der Waals surface area contributed by atoms with Crippen LogP contribution in [-0.2, 0) is 13.1 Å². The summed E-state index contributed by atoms with van der Waals surface area (Å²) in [7, 11) is 7.99. The van der Waals surface area contributed by atoms with Crippen LogP contribution in [0, 0.1) is 0 Å². The van der Waals surface area contributed by atoms with Crippen molar-refractivity contribution >= 4 is 23.0 Å². The van der Waals surface area contributed by atoms with Gasteiger partial charge in [0, 0.05) is 37.1 Å². The van der Waals surface area contributed by atoms with Gasteiger partial charge in [-0.25, -0.2) is 0 Å². The van der Waals surface area contributed by atoms with E-state index in [9.17, 15) is 0 Å². The maximum Gasteiger partial charge on any atom is 0.203 e. The van der Waals surface area contributed by atoms with Crippen molar-refractivity contribution in [2.75, 3.05) is 40.9 Å². The molecule has 0 aliphatic heterocycles. The van der Waals surface area contributed by atoms with E-state index in [-0.39, 0.29) is 0 Å². The number of rotatable bonds is 10. The molecule has 1 heterocycles. The van der Waals surface area contributed by atoms with Crippen molar-refractivity contribution in [2.45, 2.75) is 13.1 Å². The van der Waals surface area contributed by atoms with Crippen molar-refractivity contribution < 1.29 is 23.7 Å². The van der Waals surface area contributed by atoms with Crippen molar-refractivity contribution in [2.24, 2.45) is 0 Å². The Labute approximate surface area is 205 Å². The van der Waals surface area contributed by atoms with E-state index in [0.29, 0.717) is 46.9 Å². The Morgan fingerprint density at radius 1 is 0.853 bits per heavy atom. The molecule has 0 bridgehead atoms. The lowest BCUT2D eigenvalue weighted by Gasteiger charge is -2.28. The summed E-state index contributed by atoms with van der Waals surface area (Å²) in [5, 5.41) is 3.81. The SMILES string of the molecule is COc1ccc(NC(=S)N(Cc2cccnc2)Cc2ccc(OC)c(OC)c2OC)c(OC)c1. The molecule has 0 saturated heterocycles. The van der Waals surface area contributed by atoms with Gasteiger partial charge >= 0.3 is 0 Å². The number of thiocarbonyl (C=S) groups is 1. The van der Waals surface area contributed by atoms with E-state index in [1.54, 1.807) is 47.8 Å². The number of methoxy groups -OCH3 is 5. The summed E-state index contributed by atoms with van der Waals surface area (Å²) in [5.74, 6) is 3.01. The first kappa shape index (κ1) is 24.9. The van der Waals surface area contributed by atoms with Gasteiger partial charge in [-0.3, -0.25) is 4.98 Å². The van der Waals surface area contributed by atoms with E-state index in [4.69, 9.17) is 35.9 Å². The second-order valence-electron chi connectivity index (χ2n) is 7.21. The van der Waals surface area contributed by atoms with Crippen LogP contribution >= 0.6 is 12.2 Å². The van der Waals surface area contributed by atoms with Crippen molar-refractivity contribution in [1.29, 1.82) is 0 Å². The van der Waals surface area contributed by atoms with Gasteiger partial charge < -0.3 is 33.9 Å². The van der Waals surface area contributed by atoms with Gasteiger partial charge in [-0.2, -0.15) is 0 Å². The van der Waals surface area contributed by atoms with Crippen LogP contribution in [0.4, 0.5) is 5.69 Å². The second-order valence-corrected chi connectivity index (χ2v) is 7.59. The molecule has 3 rings (SSSR count). The highest BCUT2D eigenvalue weighted by atomic mass is 32.1. The number of hydrogen-bond acceptors (Lipinski definition) is 7.